The van der Waals surface area contributed by atoms with Crippen LogP contribution in [0.4, 0.5) is 0 Å². The van der Waals surface area contributed by atoms with Crippen LogP contribution in [0.25, 0.3) is 0 Å². The molecule has 0 heteroatoms. The second-order valence-electron chi connectivity index (χ2n) is 4.49. The van der Waals surface area contributed by atoms with Crippen molar-refractivity contribution in [1.82, 2.24) is 0 Å². The van der Waals surface area contributed by atoms with Gasteiger partial charge in [0.05, 0.1) is 0 Å². The molecule has 1 fully saturated rings. The standard InChI is InChI=1S/C12H18/c1-9-3-5-12-8-10(2)4-6-11(12)7-9/h5,7,10-11H,3-4,6,8H2,1-2H3. The molecule has 0 bridgehead atoms. The Labute approximate surface area is 75.4 Å². The average molecular weight is 162 g/mol. The summed E-state index contributed by atoms with van der Waals surface area (Å²) in [6, 6.07) is 0. The first-order chi connectivity index (χ1) is 5.75. The van der Waals surface area contributed by atoms with Gasteiger partial charge in [0.15, 0.2) is 0 Å². The molecule has 12 heavy (non-hydrogen) atoms. The maximum absolute atomic E-state index is 2.49. The number of hydrogen-bond donors (Lipinski definition) is 0. The minimum Gasteiger partial charge on any atom is -0.0807 e. The summed E-state index contributed by atoms with van der Waals surface area (Å²) in [6.07, 6.45) is 10.3. The van der Waals surface area contributed by atoms with Crippen molar-refractivity contribution in [3.05, 3.63) is 23.3 Å². The average Bonchev–Trinajstić information content (AvgIpc) is 2.05. The summed E-state index contributed by atoms with van der Waals surface area (Å²) in [5, 5.41) is 0. The summed E-state index contributed by atoms with van der Waals surface area (Å²) in [7, 11) is 0. The summed E-state index contributed by atoms with van der Waals surface area (Å²) in [5.74, 6) is 1.74. The molecule has 0 nitrogen and oxygen atoms in total. The van der Waals surface area contributed by atoms with E-state index in [1.807, 2.05) is 0 Å². The second kappa shape index (κ2) is 3.08. The Kier molecular flexibility index (Phi) is 2.08. The molecule has 0 aromatic rings. The van der Waals surface area contributed by atoms with Gasteiger partial charge in [-0.05, 0) is 44.4 Å². The Balaban J connectivity index is 2.12. The van der Waals surface area contributed by atoms with E-state index < -0.39 is 0 Å². The van der Waals surface area contributed by atoms with Gasteiger partial charge in [-0.1, -0.05) is 30.2 Å². The van der Waals surface area contributed by atoms with Crippen molar-refractivity contribution in [1.29, 1.82) is 0 Å². The maximum atomic E-state index is 2.49. The van der Waals surface area contributed by atoms with Crippen LogP contribution in [-0.2, 0) is 0 Å². The van der Waals surface area contributed by atoms with E-state index in [4.69, 9.17) is 0 Å². The molecule has 0 spiro atoms. The van der Waals surface area contributed by atoms with E-state index in [0.717, 1.165) is 11.8 Å². The fourth-order valence-corrected chi connectivity index (χ4v) is 2.43. The van der Waals surface area contributed by atoms with E-state index in [1.165, 1.54) is 25.7 Å². The zero-order valence-corrected chi connectivity index (χ0v) is 8.14. The molecule has 0 radical (unpaired) electrons. The molecule has 0 aliphatic heterocycles. The van der Waals surface area contributed by atoms with Crippen molar-refractivity contribution < 1.29 is 0 Å². The van der Waals surface area contributed by atoms with Gasteiger partial charge in [0, 0.05) is 0 Å². The molecule has 0 N–H and O–H groups in total. The molecule has 2 aliphatic rings. The smallest absolute Gasteiger partial charge is 0.00203 e. The fraction of sp³-hybridized carbons (Fsp3) is 0.667. The quantitative estimate of drug-likeness (QED) is 0.476. The predicted octanol–water partition coefficient (Wildman–Crippen LogP) is 3.70. The molecule has 0 aromatic heterocycles. The molecule has 0 amide bonds. The van der Waals surface area contributed by atoms with Gasteiger partial charge in [0.1, 0.15) is 0 Å². The molecular weight excluding hydrogens is 144 g/mol. The Bertz CT molecular complexity index is 232. The summed E-state index contributed by atoms with van der Waals surface area (Å²) < 4.78 is 0. The van der Waals surface area contributed by atoms with Crippen LogP contribution in [0.2, 0.25) is 0 Å². The highest BCUT2D eigenvalue weighted by atomic mass is 14.3. The van der Waals surface area contributed by atoms with E-state index in [-0.39, 0.29) is 0 Å². The Morgan fingerprint density at radius 3 is 3.00 bits per heavy atom. The van der Waals surface area contributed by atoms with Gasteiger partial charge in [0.2, 0.25) is 0 Å². The second-order valence-corrected chi connectivity index (χ2v) is 4.49. The third-order valence-electron chi connectivity index (χ3n) is 3.20. The SMILES string of the molecule is CC1=CC2CCC(C)CC2=CC1. The highest BCUT2D eigenvalue weighted by Gasteiger charge is 2.22. The molecule has 1 saturated carbocycles. The Morgan fingerprint density at radius 1 is 1.33 bits per heavy atom. The van der Waals surface area contributed by atoms with Gasteiger partial charge in [0.25, 0.3) is 0 Å². The van der Waals surface area contributed by atoms with Gasteiger partial charge in [-0.15, -0.1) is 0 Å². The van der Waals surface area contributed by atoms with E-state index in [1.54, 1.807) is 11.1 Å². The first-order valence-electron chi connectivity index (χ1n) is 5.12. The number of rotatable bonds is 0. The van der Waals surface area contributed by atoms with Crippen LogP contribution >= 0.6 is 0 Å². The van der Waals surface area contributed by atoms with Crippen LogP contribution in [-0.4, -0.2) is 0 Å². The predicted molar refractivity (Wildman–Crippen MR) is 53.0 cm³/mol. The largest absolute Gasteiger partial charge is 0.0807 e. The van der Waals surface area contributed by atoms with Crippen LogP contribution in [0.15, 0.2) is 23.3 Å². The van der Waals surface area contributed by atoms with E-state index in [9.17, 15) is 0 Å². The van der Waals surface area contributed by atoms with Crippen molar-refractivity contribution >= 4 is 0 Å². The Hall–Kier alpha value is -0.520. The minimum absolute atomic E-state index is 0.815. The van der Waals surface area contributed by atoms with Crippen molar-refractivity contribution in [3.8, 4) is 0 Å². The highest BCUT2D eigenvalue weighted by Crippen LogP contribution is 2.37. The number of hydrogen-bond acceptors (Lipinski definition) is 0. The minimum atomic E-state index is 0.815. The summed E-state index contributed by atoms with van der Waals surface area (Å²) in [5.41, 5.74) is 3.29. The molecule has 2 aliphatic carbocycles. The van der Waals surface area contributed by atoms with Crippen LogP contribution in [0.3, 0.4) is 0 Å². The molecule has 0 heterocycles. The summed E-state index contributed by atoms with van der Waals surface area (Å²) >= 11 is 0. The zero-order chi connectivity index (χ0) is 8.55. The van der Waals surface area contributed by atoms with E-state index in [0.29, 0.717) is 0 Å². The molecular formula is C12H18. The summed E-state index contributed by atoms with van der Waals surface area (Å²) in [4.78, 5) is 0. The van der Waals surface area contributed by atoms with Gasteiger partial charge < -0.3 is 0 Å². The molecule has 2 unspecified atom stereocenters. The highest BCUT2D eigenvalue weighted by molar-refractivity contribution is 5.25. The van der Waals surface area contributed by atoms with Gasteiger partial charge in [-0.3, -0.25) is 0 Å². The van der Waals surface area contributed by atoms with Gasteiger partial charge in [-0.2, -0.15) is 0 Å². The molecule has 0 aromatic carbocycles. The maximum Gasteiger partial charge on any atom is -0.00203 e. The van der Waals surface area contributed by atoms with Crippen molar-refractivity contribution in [2.24, 2.45) is 11.8 Å². The van der Waals surface area contributed by atoms with Crippen molar-refractivity contribution in [3.63, 3.8) is 0 Å². The van der Waals surface area contributed by atoms with Crippen LogP contribution < -0.4 is 0 Å². The normalized spacial score (nSPS) is 35.2. The first kappa shape index (κ1) is 8.10. The topological polar surface area (TPSA) is 0 Å². The van der Waals surface area contributed by atoms with Crippen molar-refractivity contribution in [2.75, 3.05) is 0 Å². The van der Waals surface area contributed by atoms with Crippen LogP contribution in [0, 0.1) is 11.8 Å². The van der Waals surface area contributed by atoms with E-state index >= 15 is 0 Å². The zero-order valence-electron chi connectivity index (χ0n) is 8.14. The molecule has 66 valence electrons. The monoisotopic (exact) mass is 162 g/mol. The summed E-state index contributed by atoms with van der Waals surface area (Å²) in [6.45, 7) is 4.63. The number of allylic oxidation sites excluding steroid dienone is 4. The fourth-order valence-electron chi connectivity index (χ4n) is 2.43. The lowest BCUT2D eigenvalue weighted by Gasteiger charge is -2.30. The molecule has 2 rings (SSSR count). The Morgan fingerprint density at radius 2 is 2.17 bits per heavy atom. The molecule has 0 saturated heterocycles. The third kappa shape index (κ3) is 1.48. The van der Waals surface area contributed by atoms with Crippen molar-refractivity contribution in [2.45, 2.75) is 39.5 Å². The lowest BCUT2D eigenvalue weighted by molar-refractivity contribution is 0.402. The van der Waals surface area contributed by atoms with Gasteiger partial charge >= 0.3 is 0 Å². The van der Waals surface area contributed by atoms with Crippen LogP contribution in [0.1, 0.15) is 39.5 Å². The number of fused-ring (bicyclic) bond motifs is 1. The first-order valence-corrected chi connectivity index (χ1v) is 5.12. The molecule has 2 atom stereocenters. The third-order valence-corrected chi connectivity index (χ3v) is 3.20. The lowest BCUT2D eigenvalue weighted by atomic mass is 9.75. The van der Waals surface area contributed by atoms with Gasteiger partial charge in [-0.25, -0.2) is 0 Å². The van der Waals surface area contributed by atoms with Crippen LogP contribution in [0.5, 0.6) is 0 Å². The lowest BCUT2D eigenvalue weighted by Crippen LogP contribution is -2.16. The van der Waals surface area contributed by atoms with E-state index in [2.05, 4.69) is 26.0 Å².